The fraction of sp³-hybridized carbons (Fsp3) is 0.818. The van der Waals surface area contributed by atoms with E-state index in [1.54, 1.807) is 0 Å². The summed E-state index contributed by atoms with van der Waals surface area (Å²) in [5.41, 5.74) is 0. The summed E-state index contributed by atoms with van der Waals surface area (Å²) in [6.07, 6.45) is 1.66. The maximum atomic E-state index is 11.3. The van der Waals surface area contributed by atoms with E-state index in [9.17, 15) is 9.59 Å². The molecule has 2 amide bonds. The molecule has 0 radical (unpaired) electrons. The number of amides is 2. The van der Waals surface area contributed by atoms with Crippen LogP contribution in [-0.4, -0.2) is 49.9 Å². The lowest BCUT2D eigenvalue weighted by molar-refractivity contribution is -0.139. The Balaban J connectivity index is 3.68. The van der Waals surface area contributed by atoms with Gasteiger partial charge >= 0.3 is 11.8 Å². The first-order valence-electron chi connectivity index (χ1n) is 5.70. The van der Waals surface area contributed by atoms with Crippen molar-refractivity contribution in [3.63, 3.8) is 0 Å². The van der Waals surface area contributed by atoms with Crippen LogP contribution in [0.5, 0.6) is 0 Å². The van der Waals surface area contributed by atoms with Gasteiger partial charge in [-0.05, 0) is 40.4 Å². The molecular weight excluding hydrogens is 206 g/mol. The molecule has 5 nitrogen and oxygen atoms in total. The van der Waals surface area contributed by atoms with Gasteiger partial charge in [-0.25, -0.2) is 0 Å². The van der Waals surface area contributed by atoms with Crippen LogP contribution in [0.25, 0.3) is 0 Å². The second-order valence-corrected chi connectivity index (χ2v) is 4.20. The zero-order valence-corrected chi connectivity index (χ0v) is 10.7. The minimum Gasteiger partial charge on any atom is -0.348 e. The highest BCUT2D eigenvalue weighted by molar-refractivity contribution is 6.35. The fourth-order valence-electron chi connectivity index (χ4n) is 1.07. The second-order valence-electron chi connectivity index (χ2n) is 4.20. The number of hydrogen-bond donors (Lipinski definition) is 2. The van der Waals surface area contributed by atoms with Gasteiger partial charge in [0.1, 0.15) is 0 Å². The Morgan fingerprint density at radius 3 is 2.38 bits per heavy atom. The van der Waals surface area contributed by atoms with Crippen molar-refractivity contribution in [1.82, 2.24) is 15.5 Å². The van der Waals surface area contributed by atoms with E-state index < -0.39 is 11.8 Å². The lowest BCUT2D eigenvalue weighted by Gasteiger charge is -2.12. The van der Waals surface area contributed by atoms with E-state index in [-0.39, 0.29) is 6.04 Å². The molecule has 0 aromatic rings. The maximum absolute atomic E-state index is 11.3. The third-order valence-electron chi connectivity index (χ3n) is 2.26. The van der Waals surface area contributed by atoms with E-state index >= 15 is 0 Å². The van der Waals surface area contributed by atoms with Crippen LogP contribution in [0, 0.1) is 0 Å². The topological polar surface area (TPSA) is 61.4 Å². The summed E-state index contributed by atoms with van der Waals surface area (Å²) in [7, 11) is 3.94. The normalized spacial score (nSPS) is 12.3. The summed E-state index contributed by atoms with van der Waals surface area (Å²) in [6.45, 7) is 5.26. The Kier molecular flexibility index (Phi) is 7.54. The first-order chi connectivity index (χ1) is 7.47. The largest absolute Gasteiger partial charge is 0.348 e. The van der Waals surface area contributed by atoms with Gasteiger partial charge in [-0.15, -0.1) is 0 Å². The van der Waals surface area contributed by atoms with Crippen LogP contribution in [0.15, 0.2) is 0 Å². The smallest absolute Gasteiger partial charge is 0.309 e. The predicted octanol–water partition coefficient (Wildman–Crippen LogP) is -0.0310. The van der Waals surface area contributed by atoms with Crippen LogP contribution in [0.1, 0.15) is 26.7 Å². The fourth-order valence-corrected chi connectivity index (χ4v) is 1.07. The Hall–Kier alpha value is -1.10. The summed E-state index contributed by atoms with van der Waals surface area (Å²) in [4.78, 5) is 24.6. The van der Waals surface area contributed by atoms with E-state index in [4.69, 9.17) is 0 Å². The lowest BCUT2D eigenvalue weighted by Crippen LogP contribution is -2.43. The molecule has 2 N–H and O–H groups in total. The lowest BCUT2D eigenvalue weighted by atomic mass is 10.2. The Labute approximate surface area is 97.6 Å². The highest BCUT2D eigenvalue weighted by atomic mass is 16.2. The summed E-state index contributed by atoms with van der Waals surface area (Å²) in [6, 6.07) is 0.0417. The van der Waals surface area contributed by atoms with Gasteiger partial charge in [-0.3, -0.25) is 9.59 Å². The van der Waals surface area contributed by atoms with Gasteiger partial charge < -0.3 is 15.5 Å². The maximum Gasteiger partial charge on any atom is 0.309 e. The standard InChI is InChI=1S/C11H23N3O2/c1-5-9(2)13-11(16)10(15)12-7-6-8-14(3)4/h9H,5-8H2,1-4H3,(H,12,15)(H,13,16)/t9-/m1/s1. The minimum absolute atomic E-state index is 0.0417. The van der Waals surface area contributed by atoms with Crippen molar-refractivity contribution in [2.75, 3.05) is 27.2 Å². The van der Waals surface area contributed by atoms with Crippen molar-refractivity contribution < 1.29 is 9.59 Å². The van der Waals surface area contributed by atoms with Crippen molar-refractivity contribution in [1.29, 1.82) is 0 Å². The van der Waals surface area contributed by atoms with Gasteiger partial charge in [0.25, 0.3) is 0 Å². The average Bonchev–Trinajstić information content (AvgIpc) is 2.23. The molecule has 5 heteroatoms. The van der Waals surface area contributed by atoms with Crippen molar-refractivity contribution in [3.05, 3.63) is 0 Å². The molecule has 0 fully saturated rings. The Morgan fingerprint density at radius 2 is 1.88 bits per heavy atom. The van der Waals surface area contributed by atoms with Gasteiger partial charge in [0.05, 0.1) is 0 Å². The second kappa shape index (κ2) is 8.10. The minimum atomic E-state index is -0.543. The summed E-state index contributed by atoms with van der Waals surface area (Å²) in [5.74, 6) is -1.08. The van der Waals surface area contributed by atoms with E-state index in [1.807, 2.05) is 32.8 Å². The number of rotatable bonds is 6. The summed E-state index contributed by atoms with van der Waals surface area (Å²) < 4.78 is 0. The van der Waals surface area contributed by atoms with Crippen LogP contribution >= 0.6 is 0 Å². The van der Waals surface area contributed by atoms with E-state index in [0.717, 1.165) is 19.4 Å². The first-order valence-corrected chi connectivity index (χ1v) is 5.70. The van der Waals surface area contributed by atoms with Gasteiger partial charge in [-0.2, -0.15) is 0 Å². The first kappa shape index (κ1) is 14.9. The molecule has 0 aliphatic carbocycles. The molecule has 0 saturated carbocycles. The Morgan fingerprint density at radius 1 is 1.25 bits per heavy atom. The zero-order valence-electron chi connectivity index (χ0n) is 10.7. The van der Waals surface area contributed by atoms with Crippen LogP contribution in [0.4, 0.5) is 0 Å². The van der Waals surface area contributed by atoms with Gasteiger partial charge in [0.2, 0.25) is 0 Å². The van der Waals surface area contributed by atoms with E-state index in [2.05, 4.69) is 10.6 Å². The van der Waals surface area contributed by atoms with Gasteiger partial charge in [-0.1, -0.05) is 6.92 Å². The SMILES string of the molecule is CC[C@@H](C)NC(=O)C(=O)NCCCN(C)C. The molecule has 16 heavy (non-hydrogen) atoms. The number of carbonyl (C=O) groups excluding carboxylic acids is 2. The van der Waals surface area contributed by atoms with E-state index in [0.29, 0.717) is 6.54 Å². The monoisotopic (exact) mass is 229 g/mol. The summed E-state index contributed by atoms with van der Waals surface area (Å²) >= 11 is 0. The van der Waals surface area contributed by atoms with Crippen molar-refractivity contribution in [2.24, 2.45) is 0 Å². The molecule has 1 atom stereocenters. The predicted molar refractivity (Wildman–Crippen MR) is 64.1 cm³/mol. The quantitative estimate of drug-likeness (QED) is 0.496. The molecule has 0 unspecified atom stereocenters. The highest BCUT2D eigenvalue weighted by Crippen LogP contribution is 1.87. The van der Waals surface area contributed by atoms with Crippen LogP contribution in [0.2, 0.25) is 0 Å². The van der Waals surface area contributed by atoms with Crippen LogP contribution in [0.3, 0.4) is 0 Å². The number of nitrogens with one attached hydrogen (secondary N) is 2. The molecule has 0 rings (SSSR count). The van der Waals surface area contributed by atoms with E-state index in [1.165, 1.54) is 0 Å². The molecule has 0 aromatic carbocycles. The number of carbonyl (C=O) groups is 2. The molecule has 0 spiro atoms. The third-order valence-corrected chi connectivity index (χ3v) is 2.26. The van der Waals surface area contributed by atoms with Gasteiger partial charge in [0, 0.05) is 12.6 Å². The highest BCUT2D eigenvalue weighted by Gasteiger charge is 2.14. The third kappa shape index (κ3) is 7.23. The number of nitrogens with zero attached hydrogens (tertiary/aromatic N) is 1. The average molecular weight is 229 g/mol. The summed E-state index contributed by atoms with van der Waals surface area (Å²) in [5, 5.41) is 5.21. The molecule has 0 saturated heterocycles. The molecule has 94 valence electrons. The molecule has 0 aliphatic rings. The molecule has 0 heterocycles. The van der Waals surface area contributed by atoms with Gasteiger partial charge in [0.15, 0.2) is 0 Å². The number of hydrogen-bond acceptors (Lipinski definition) is 3. The van der Waals surface area contributed by atoms with Crippen molar-refractivity contribution >= 4 is 11.8 Å². The van der Waals surface area contributed by atoms with Crippen molar-refractivity contribution in [2.45, 2.75) is 32.7 Å². The van der Waals surface area contributed by atoms with Crippen molar-refractivity contribution in [3.8, 4) is 0 Å². The molecular formula is C11H23N3O2. The zero-order chi connectivity index (χ0) is 12.6. The van der Waals surface area contributed by atoms with Crippen LogP contribution in [-0.2, 0) is 9.59 Å². The molecule has 0 aliphatic heterocycles. The molecule has 0 bridgehead atoms. The molecule has 0 aromatic heterocycles. The Bertz CT molecular complexity index is 229. The van der Waals surface area contributed by atoms with Crippen LogP contribution < -0.4 is 10.6 Å².